The number of carbonyl (C=O) groups is 2. The van der Waals surface area contributed by atoms with Crippen LogP contribution in [-0.2, 0) is 11.2 Å². The molecule has 0 fully saturated rings. The summed E-state index contributed by atoms with van der Waals surface area (Å²) in [6.07, 6.45) is 0.319. The van der Waals surface area contributed by atoms with Crippen molar-refractivity contribution in [2.45, 2.75) is 19.4 Å². The molecule has 0 radical (unpaired) electrons. The maximum absolute atomic E-state index is 12.9. The van der Waals surface area contributed by atoms with Gasteiger partial charge in [0.25, 0.3) is 0 Å². The molecule has 0 bridgehead atoms. The van der Waals surface area contributed by atoms with Gasteiger partial charge in [0.1, 0.15) is 6.04 Å². The maximum Gasteiger partial charge on any atom is 0.319 e. The summed E-state index contributed by atoms with van der Waals surface area (Å²) in [6, 6.07) is 20.3. The highest BCUT2D eigenvalue weighted by molar-refractivity contribution is 6.36. The lowest BCUT2D eigenvalue weighted by atomic mass is 10.1. The highest BCUT2D eigenvalue weighted by atomic mass is 35.5. The number of hydrogen-bond donors (Lipinski definition) is 3. The van der Waals surface area contributed by atoms with E-state index in [1.165, 1.54) is 0 Å². The largest absolute Gasteiger partial charge is 0.326 e. The molecule has 154 valence electrons. The van der Waals surface area contributed by atoms with Crippen molar-refractivity contribution in [2.24, 2.45) is 0 Å². The molecule has 0 aliphatic rings. The molecule has 3 amide bonds. The summed E-state index contributed by atoms with van der Waals surface area (Å²) in [4.78, 5) is 25.5. The molecule has 30 heavy (non-hydrogen) atoms. The third kappa shape index (κ3) is 6.24. The van der Waals surface area contributed by atoms with Gasteiger partial charge in [-0.05, 0) is 42.8 Å². The summed E-state index contributed by atoms with van der Waals surface area (Å²) >= 11 is 12.1. The molecule has 0 aromatic heterocycles. The minimum atomic E-state index is -0.815. The Kier molecular flexibility index (Phi) is 7.33. The minimum absolute atomic E-state index is 0.318. The van der Waals surface area contributed by atoms with E-state index in [2.05, 4.69) is 16.0 Å². The number of hydrogen-bond acceptors (Lipinski definition) is 2. The Labute approximate surface area is 185 Å². The summed E-state index contributed by atoms with van der Waals surface area (Å²) in [5.74, 6) is -0.387. The summed E-state index contributed by atoms with van der Waals surface area (Å²) in [5, 5.41) is 9.05. The molecule has 3 N–H and O–H groups in total. The topological polar surface area (TPSA) is 70.2 Å². The van der Waals surface area contributed by atoms with E-state index >= 15 is 0 Å². The van der Waals surface area contributed by atoms with Gasteiger partial charge in [0.15, 0.2) is 0 Å². The average Bonchev–Trinajstić information content (AvgIpc) is 2.72. The first kappa shape index (κ1) is 21.7. The zero-order valence-corrected chi connectivity index (χ0v) is 17.8. The normalized spacial score (nSPS) is 11.4. The van der Waals surface area contributed by atoms with E-state index in [0.717, 1.165) is 11.1 Å². The third-order valence-electron chi connectivity index (χ3n) is 4.40. The first-order valence-corrected chi connectivity index (χ1v) is 10.1. The number of rotatable bonds is 6. The first-order valence-electron chi connectivity index (χ1n) is 9.35. The Hall–Kier alpha value is -3.02. The Morgan fingerprint density at radius 3 is 2.27 bits per heavy atom. The molecule has 0 spiro atoms. The average molecular weight is 442 g/mol. The molecule has 7 heteroatoms. The van der Waals surface area contributed by atoms with Gasteiger partial charge in [0.05, 0.1) is 10.7 Å². The van der Waals surface area contributed by atoms with Gasteiger partial charge in [0, 0.05) is 17.1 Å². The van der Waals surface area contributed by atoms with Crippen molar-refractivity contribution in [2.75, 3.05) is 10.6 Å². The number of urea groups is 1. The van der Waals surface area contributed by atoms with Gasteiger partial charge in [-0.1, -0.05) is 71.2 Å². The first-order chi connectivity index (χ1) is 14.4. The molecular formula is C23H21Cl2N3O2. The van der Waals surface area contributed by atoms with Gasteiger partial charge in [-0.2, -0.15) is 0 Å². The van der Waals surface area contributed by atoms with Crippen LogP contribution in [0, 0.1) is 6.92 Å². The smallest absolute Gasteiger partial charge is 0.319 e. The van der Waals surface area contributed by atoms with E-state index in [1.807, 2.05) is 49.4 Å². The zero-order valence-electron chi connectivity index (χ0n) is 16.3. The number of aryl methyl sites for hydroxylation is 1. The molecule has 5 nitrogen and oxygen atoms in total. The molecule has 3 aromatic carbocycles. The van der Waals surface area contributed by atoms with Gasteiger partial charge in [-0.25, -0.2) is 4.79 Å². The van der Waals surface area contributed by atoms with Crippen molar-refractivity contribution in [3.63, 3.8) is 0 Å². The van der Waals surface area contributed by atoms with Crippen LogP contribution in [0.2, 0.25) is 10.0 Å². The van der Waals surface area contributed by atoms with E-state index in [9.17, 15) is 9.59 Å². The maximum atomic E-state index is 12.9. The second-order valence-corrected chi connectivity index (χ2v) is 7.66. The molecule has 1 unspecified atom stereocenters. The van der Waals surface area contributed by atoms with Crippen LogP contribution < -0.4 is 16.0 Å². The van der Waals surface area contributed by atoms with Crippen LogP contribution in [0.4, 0.5) is 16.2 Å². The van der Waals surface area contributed by atoms with Crippen molar-refractivity contribution in [1.82, 2.24) is 5.32 Å². The second kappa shape index (κ2) is 10.1. The quantitative estimate of drug-likeness (QED) is 0.460. The number of anilines is 2. The summed E-state index contributed by atoms with van der Waals surface area (Å²) in [6.45, 7) is 1.96. The van der Waals surface area contributed by atoms with Gasteiger partial charge < -0.3 is 16.0 Å². The third-order valence-corrected chi connectivity index (χ3v) is 4.95. The lowest BCUT2D eigenvalue weighted by Gasteiger charge is -2.19. The predicted octanol–water partition coefficient (Wildman–Crippen LogP) is 5.67. The van der Waals surface area contributed by atoms with Crippen molar-refractivity contribution < 1.29 is 9.59 Å². The minimum Gasteiger partial charge on any atom is -0.326 e. The van der Waals surface area contributed by atoms with Gasteiger partial charge in [0.2, 0.25) is 5.91 Å². The van der Waals surface area contributed by atoms with Crippen LogP contribution in [0.15, 0.2) is 72.8 Å². The Morgan fingerprint density at radius 2 is 1.60 bits per heavy atom. The molecule has 0 aliphatic carbocycles. The number of benzene rings is 3. The highest BCUT2D eigenvalue weighted by Crippen LogP contribution is 2.25. The Morgan fingerprint density at radius 1 is 0.900 bits per heavy atom. The lowest BCUT2D eigenvalue weighted by molar-refractivity contribution is -0.117. The van der Waals surface area contributed by atoms with Crippen LogP contribution >= 0.6 is 23.2 Å². The molecule has 1 atom stereocenters. The van der Waals surface area contributed by atoms with Crippen molar-refractivity contribution in [1.29, 1.82) is 0 Å². The van der Waals surface area contributed by atoms with E-state index in [4.69, 9.17) is 23.2 Å². The Balaban J connectivity index is 1.74. The number of carbonyl (C=O) groups excluding carboxylic acids is 2. The molecule has 3 rings (SSSR count). The standard InChI is InChI=1S/C23H21Cl2N3O2/c1-15-7-10-18(11-8-15)26-23(30)28-21(13-16-5-3-2-4-6-16)22(29)27-20-12-9-17(24)14-19(20)25/h2-12,14,21H,13H2,1H3,(H,27,29)(H2,26,28,30). The van der Waals surface area contributed by atoms with E-state index in [1.54, 1.807) is 30.3 Å². The second-order valence-electron chi connectivity index (χ2n) is 6.82. The SMILES string of the molecule is Cc1ccc(NC(=O)NC(Cc2ccccc2)C(=O)Nc2ccc(Cl)cc2Cl)cc1. The summed E-state index contributed by atoms with van der Waals surface area (Å²) in [7, 11) is 0. The molecule has 3 aromatic rings. The van der Waals surface area contributed by atoms with E-state index in [0.29, 0.717) is 27.8 Å². The molecule has 0 aliphatic heterocycles. The highest BCUT2D eigenvalue weighted by Gasteiger charge is 2.22. The molecule has 0 saturated carbocycles. The van der Waals surface area contributed by atoms with E-state index in [-0.39, 0.29) is 5.91 Å². The monoisotopic (exact) mass is 441 g/mol. The molecule has 0 saturated heterocycles. The fourth-order valence-electron chi connectivity index (χ4n) is 2.83. The van der Waals surface area contributed by atoms with Crippen LogP contribution in [0.25, 0.3) is 0 Å². The van der Waals surface area contributed by atoms with Gasteiger partial charge in [-0.3, -0.25) is 4.79 Å². The van der Waals surface area contributed by atoms with Crippen LogP contribution in [0.1, 0.15) is 11.1 Å². The fourth-order valence-corrected chi connectivity index (χ4v) is 3.29. The lowest BCUT2D eigenvalue weighted by Crippen LogP contribution is -2.47. The number of nitrogens with one attached hydrogen (secondary N) is 3. The van der Waals surface area contributed by atoms with Crippen molar-refractivity contribution in [3.8, 4) is 0 Å². The summed E-state index contributed by atoms with van der Waals surface area (Å²) in [5.41, 5.74) is 3.06. The fraction of sp³-hybridized carbons (Fsp3) is 0.130. The van der Waals surface area contributed by atoms with Gasteiger partial charge >= 0.3 is 6.03 Å². The molecule has 0 heterocycles. The van der Waals surface area contributed by atoms with Crippen molar-refractivity contribution >= 4 is 46.5 Å². The zero-order chi connectivity index (χ0) is 21.5. The van der Waals surface area contributed by atoms with Crippen LogP contribution in [-0.4, -0.2) is 18.0 Å². The van der Waals surface area contributed by atoms with Gasteiger partial charge in [-0.15, -0.1) is 0 Å². The molecular weight excluding hydrogens is 421 g/mol. The number of halogens is 2. The van der Waals surface area contributed by atoms with Crippen LogP contribution in [0.5, 0.6) is 0 Å². The van der Waals surface area contributed by atoms with E-state index < -0.39 is 12.1 Å². The van der Waals surface area contributed by atoms with Crippen LogP contribution in [0.3, 0.4) is 0 Å². The number of amides is 3. The summed E-state index contributed by atoms with van der Waals surface area (Å²) < 4.78 is 0. The predicted molar refractivity (Wildman–Crippen MR) is 122 cm³/mol. The Bertz CT molecular complexity index is 1020. The van der Waals surface area contributed by atoms with Crippen molar-refractivity contribution in [3.05, 3.63) is 94.0 Å².